The van der Waals surface area contributed by atoms with Crippen molar-refractivity contribution < 1.29 is 17.6 Å². The Morgan fingerprint density at radius 3 is 2.59 bits per heavy atom. The van der Waals surface area contributed by atoms with E-state index in [1.807, 2.05) is 0 Å². The van der Waals surface area contributed by atoms with E-state index in [2.05, 4.69) is 19.8 Å². The summed E-state index contributed by atoms with van der Waals surface area (Å²) in [5.41, 5.74) is 1.03. The van der Waals surface area contributed by atoms with Crippen molar-refractivity contribution in [1.29, 1.82) is 0 Å². The number of rotatable bonds is 6. The molecule has 2 aromatic carbocycles. The number of nitrogens with one attached hydrogen (secondary N) is 1. The molecule has 34 heavy (non-hydrogen) atoms. The van der Waals surface area contributed by atoms with E-state index in [-0.39, 0.29) is 4.90 Å². The molecule has 3 heterocycles. The first-order valence-electron chi connectivity index (χ1n) is 10.0. The molecule has 12 heteroatoms. The third-order valence-corrected chi connectivity index (χ3v) is 6.32. The number of nitrogens with zero attached hydrogens (tertiary/aromatic N) is 5. The summed E-state index contributed by atoms with van der Waals surface area (Å²) in [5, 5.41) is 4.15. The molecule has 1 N–H and O–H groups in total. The van der Waals surface area contributed by atoms with Gasteiger partial charge in [0.15, 0.2) is 11.4 Å². The van der Waals surface area contributed by atoms with E-state index < -0.39 is 15.8 Å². The van der Waals surface area contributed by atoms with Crippen molar-refractivity contribution in [3.05, 3.63) is 83.4 Å². The van der Waals surface area contributed by atoms with Gasteiger partial charge in [0, 0.05) is 31.2 Å². The van der Waals surface area contributed by atoms with Gasteiger partial charge in [-0.15, -0.1) is 0 Å². The second kappa shape index (κ2) is 8.15. The van der Waals surface area contributed by atoms with Gasteiger partial charge in [-0.2, -0.15) is 10.1 Å². The van der Waals surface area contributed by atoms with Gasteiger partial charge in [0.1, 0.15) is 11.6 Å². The third kappa shape index (κ3) is 4.13. The van der Waals surface area contributed by atoms with Crippen LogP contribution in [0.1, 0.15) is 5.82 Å². The predicted molar refractivity (Wildman–Crippen MR) is 123 cm³/mol. The Bertz CT molecular complexity index is 1650. The average molecular weight is 478 g/mol. The van der Waals surface area contributed by atoms with Crippen LogP contribution in [0, 0.1) is 6.92 Å². The largest absolute Gasteiger partial charge is 0.439 e. The summed E-state index contributed by atoms with van der Waals surface area (Å²) in [6, 6.07) is 14.0. The quantitative estimate of drug-likeness (QED) is 0.394. The zero-order valence-corrected chi connectivity index (χ0v) is 18.9. The Kier molecular flexibility index (Phi) is 5.13. The molecule has 0 saturated heterocycles. The van der Waals surface area contributed by atoms with E-state index in [0.717, 1.165) is 0 Å². The smallest absolute Gasteiger partial charge is 0.419 e. The van der Waals surface area contributed by atoms with Gasteiger partial charge in [-0.25, -0.2) is 22.9 Å². The fraction of sp³-hybridized carbons (Fsp3) is 0.0909. The van der Waals surface area contributed by atoms with Crippen LogP contribution >= 0.6 is 0 Å². The first-order chi connectivity index (χ1) is 16.3. The van der Waals surface area contributed by atoms with Crippen LogP contribution < -0.4 is 15.2 Å². The number of aryl methyl sites for hydroxylation is 2. The molecule has 0 spiro atoms. The van der Waals surface area contributed by atoms with Gasteiger partial charge in [-0.1, -0.05) is 0 Å². The molecular weight excluding hydrogens is 460 g/mol. The van der Waals surface area contributed by atoms with Crippen LogP contribution in [-0.2, 0) is 17.1 Å². The number of hydrogen-bond donors (Lipinski definition) is 1. The van der Waals surface area contributed by atoms with Crippen molar-refractivity contribution in [2.75, 3.05) is 4.72 Å². The van der Waals surface area contributed by atoms with Crippen molar-refractivity contribution in [1.82, 2.24) is 24.3 Å². The van der Waals surface area contributed by atoms with Crippen molar-refractivity contribution in [3.8, 4) is 17.4 Å². The Morgan fingerprint density at radius 1 is 1.06 bits per heavy atom. The van der Waals surface area contributed by atoms with Gasteiger partial charge in [-0.3, -0.25) is 9.29 Å². The Labute approximate surface area is 193 Å². The van der Waals surface area contributed by atoms with Crippen LogP contribution in [0.4, 0.5) is 5.69 Å². The molecule has 0 aliphatic carbocycles. The molecule has 0 saturated carbocycles. The van der Waals surface area contributed by atoms with E-state index in [1.54, 1.807) is 60.4 Å². The van der Waals surface area contributed by atoms with Crippen LogP contribution in [-0.4, -0.2) is 32.7 Å². The first kappa shape index (κ1) is 21.4. The summed E-state index contributed by atoms with van der Waals surface area (Å²) < 4.78 is 41.9. The van der Waals surface area contributed by atoms with Gasteiger partial charge in [0.25, 0.3) is 10.0 Å². The standard InChI is InChI=1S/C22H18N6O5S/c1-14-24-20(28-11-3-10-23-28)13-21(25-14)32-16-6-4-15(5-7-16)26-34(30,31)17-8-9-19-18(12-17)27(2)22(29)33-19/h3-13,26H,1-2H3. The van der Waals surface area contributed by atoms with Crippen LogP contribution in [0.15, 0.2) is 81.1 Å². The van der Waals surface area contributed by atoms with E-state index in [1.165, 1.54) is 29.8 Å². The minimum Gasteiger partial charge on any atom is -0.439 e. The highest BCUT2D eigenvalue weighted by molar-refractivity contribution is 7.92. The van der Waals surface area contributed by atoms with E-state index in [0.29, 0.717) is 40.1 Å². The van der Waals surface area contributed by atoms with Crippen molar-refractivity contribution in [2.24, 2.45) is 7.05 Å². The predicted octanol–water partition coefficient (Wildman–Crippen LogP) is 3.01. The van der Waals surface area contributed by atoms with E-state index in [4.69, 9.17) is 9.15 Å². The Hall–Kier alpha value is -4.45. The fourth-order valence-corrected chi connectivity index (χ4v) is 4.38. The lowest BCUT2D eigenvalue weighted by Crippen LogP contribution is -2.13. The second-order valence-electron chi connectivity index (χ2n) is 7.35. The Balaban J connectivity index is 1.35. The maximum absolute atomic E-state index is 12.8. The molecular formula is C22H18N6O5S. The minimum absolute atomic E-state index is 0.000613. The van der Waals surface area contributed by atoms with Gasteiger partial charge in [0.05, 0.1) is 10.4 Å². The van der Waals surface area contributed by atoms with Crippen molar-refractivity contribution in [3.63, 3.8) is 0 Å². The summed E-state index contributed by atoms with van der Waals surface area (Å²) in [6.07, 6.45) is 3.41. The molecule has 0 aliphatic rings. The lowest BCUT2D eigenvalue weighted by Gasteiger charge is -2.10. The van der Waals surface area contributed by atoms with Gasteiger partial charge < -0.3 is 9.15 Å². The number of hydrogen-bond acceptors (Lipinski definition) is 8. The average Bonchev–Trinajstić information content (AvgIpc) is 3.43. The fourth-order valence-electron chi connectivity index (χ4n) is 3.30. The molecule has 0 bridgehead atoms. The highest BCUT2D eigenvalue weighted by Crippen LogP contribution is 2.25. The SMILES string of the molecule is Cc1nc(Oc2ccc(NS(=O)(=O)c3ccc4oc(=O)n(C)c4c3)cc2)cc(-n2cccn2)n1. The summed E-state index contributed by atoms with van der Waals surface area (Å²) >= 11 is 0. The second-order valence-corrected chi connectivity index (χ2v) is 9.03. The number of fused-ring (bicyclic) bond motifs is 1. The maximum atomic E-state index is 12.8. The molecule has 172 valence electrons. The highest BCUT2D eigenvalue weighted by Gasteiger charge is 2.17. The number of aromatic nitrogens is 5. The monoisotopic (exact) mass is 478 g/mol. The van der Waals surface area contributed by atoms with Gasteiger partial charge >= 0.3 is 5.76 Å². The van der Waals surface area contributed by atoms with Crippen molar-refractivity contribution in [2.45, 2.75) is 11.8 Å². The molecule has 0 aliphatic heterocycles. The zero-order chi connectivity index (χ0) is 23.9. The number of sulfonamides is 1. The zero-order valence-electron chi connectivity index (χ0n) is 18.0. The van der Waals surface area contributed by atoms with E-state index in [9.17, 15) is 13.2 Å². The normalized spacial score (nSPS) is 11.6. The third-order valence-electron chi connectivity index (χ3n) is 4.94. The molecule has 0 atom stereocenters. The minimum atomic E-state index is -3.90. The number of anilines is 1. The number of oxazole rings is 1. The molecule has 0 unspecified atom stereocenters. The van der Waals surface area contributed by atoms with Crippen molar-refractivity contribution >= 4 is 26.8 Å². The van der Waals surface area contributed by atoms with Crippen LogP contribution in [0.3, 0.4) is 0 Å². The molecule has 3 aromatic heterocycles. The molecule has 0 radical (unpaired) electrons. The molecule has 0 amide bonds. The lowest BCUT2D eigenvalue weighted by molar-refractivity contribution is 0.459. The summed E-state index contributed by atoms with van der Waals surface area (Å²) in [7, 11) is -2.39. The van der Waals surface area contributed by atoms with Crippen LogP contribution in [0.25, 0.3) is 16.9 Å². The summed E-state index contributed by atoms with van der Waals surface area (Å²) in [6.45, 7) is 1.75. The van der Waals surface area contributed by atoms with Crippen LogP contribution in [0.2, 0.25) is 0 Å². The lowest BCUT2D eigenvalue weighted by atomic mass is 10.3. The number of ether oxygens (including phenoxy) is 1. The molecule has 11 nitrogen and oxygen atoms in total. The first-order valence-corrected chi connectivity index (χ1v) is 11.5. The summed E-state index contributed by atoms with van der Waals surface area (Å²) in [5.74, 6) is 1.29. The topological polar surface area (TPSA) is 134 Å². The highest BCUT2D eigenvalue weighted by atomic mass is 32.2. The van der Waals surface area contributed by atoms with Gasteiger partial charge in [-0.05, 0) is 55.5 Å². The Morgan fingerprint density at radius 2 is 1.85 bits per heavy atom. The maximum Gasteiger partial charge on any atom is 0.419 e. The molecule has 5 aromatic rings. The molecule has 5 rings (SSSR count). The number of benzene rings is 2. The van der Waals surface area contributed by atoms with E-state index >= 15 is 0 Å². The van der Waals surface area contributed by atoms with Crippen LogP contribution in [0.5, 0.6) is 11.6 Å². The molecule has 0 fully saturated rings. The van der Waals surface area contributed by atoms with Gasteiger partial charge in [0.2, 0.25) is 5.88 Å². The summed E-state index contributed by atoms with van der Waals surface area (Å²) in [4.78, 5) is 20.3.